The first-order valence-corrected chi connectivity index (χ1v) is 8.84. The van der Waals surface area contributed by atoms with Gasteiger partial charge in [0.05, 0.1) is 0 Å². The summed E-state index contributed by atoms with van der Waals surface area (Å²) < 4.78 is 0. The van der Waals surface area contributed by atoms with Crippen LogP contribution in [-0.2, 0) is 9.59 Å². The number of hydrogen-bond donors (Lipinski definition) is 2. The number of benzene rings is 2. The van der Waals surface area contributed by atoms with Gasteiger partial charge in [0.15, 0.2) is 5.17 Å². The van der Waals surface area contributed by atoms with E-state index in [1.54, 1.807) is 0 Å². The monoisotopic (exact) mass is 341 g/mol. The molecule has 0 radical (unpaired) electrons. The third-order valence-corrected chi connectivity index (χ3v) is 4.78. The molecule has 3 rings (SSSR count). The van der Waals surface area contributed by atoms with Crippen LogP contribution in [0.1, 0.15) is 19.8 Å². The van der Waals surface area contributed by atoms with Crippen molar-refractivity contribution < 1.29 is 9.59 Å². The number of carbonyl (C=O) groups excluding carboxylic acids is 2. The maximum Gasteiger partial charge on any atom is 0.240 e. The zero-order valence-corrected chi connectivity index (χ0v) is 14.2. The van der Waals surface area contributed by atoms with E-state index in [1.165, 1.54) is 11.8 Å². The van der Waals surface area contributed by atoms with E-state index in [9.17, 15) is 9.59 Å². The molecule has 0 aromatic heterocycles. The lowest BCUT2D eigenvalue weighted by Crippen LogP contribution is -2.28. The van der Waals surface area contributed by atoms with Crippen molar-refractivity contribution in [1.29, 1.82) is 0 Å². The lowest BCUT2D eigenvalue weighted by Gasteiger charge is -2.08. The van der Waals surface area contributed by atoms with Crippen molar-refractivity contribution in [2.75, 3.05) is 11.9 Å². The number of fused-ring (bicyclic) bond motifs is 1. The van der Waals surface area contributed by atoms with Crippen LogP contribution < -0.4 is 10.6 Å². The van der Waals surface area contributed by atoms with Crippen LogP contribution in [0.25, 0.3) is 10.8 Å². The number of amidine groups is 1. The summed E-state index contributed by atoms with van der Waals surface area (Å²) in [6, 6.07) is 13.7. The fraction of sp³-hybridized carbons (Fsp3) is 0.278. The Hall–Kier alpha value is -2.34. The Balaban J connectivity index is 1.61. The van der Waals surface area contributed by atoms with Crippen LogP contribution in [0.2, 0.25) is 0 Å². The summed E-state index contributed by atoms with van der Waals surface area (Å²) in [5, 5.41) is 7.98. The summed E-state index contributed by atoms with van der Waals surface area (Å²) in [7, 11) is 0. The minimum Gasteiger partial charge on any atom is -0.326 e. The van der Waals surface area contributed by atoms with Gasteiger partial charge in [-0.2, -0.15) is 0 Å². The summed E-state index contributed by atoms with van der Waals surface area (Å²) in [5.41, 5.74) is 0.738. The number of amides is 2. The van der Waals surface area contributed by atoms with Crippen molar-refractivity contribution in [2.45, 2.75) is 25.0 Å². The second-order valence-electron chi connectivity index (χ2n) is 5.60. The topological polar surface area (TPSA) is 70.6 Å². The average molecular weight is 341 g/mol. The fourth-order valence-corrected chi connectivity index (χ4v) is 3.47. The van der Waals surface area contributed by atoms with Crippen LogP contribution in [0, 0.1) is 0 Å². The van der Waals surface area contributed by atoms with Gasteiger partial charge in [-0.3, -0.25) is 14.6 Å². The molecular formula is C18H19N3O2S. The van der Waals surface area contributed by atoms with Gasteiger partial charge in [-0.1, -0.05) is 49.0 Å². The number of thioether (sulfide) groups is 1. The molecule has 1 saturated heterocycles. The van der Waals surface area contributed by atoms with Gasteiger partial charge in [0.25, 0.3) is 0 Å². The maximum atomic E-state index is 12.2. The number of aliphatic imine (C=N–C) groups is 1. The van der Waals surface area contributed by atoms with Gasteiger partial charge in [0.1, 0.15) is 5.25 Å². The van der Waals surface area contributed by atoms with E-state index in [1.807, 2.05) is 49.4 Å². The van der Waals surface area contributed by atoms with E-state index < -0.39 is 5.25 Å². The van der Waals surface area contributed by atoms with E-state index in [0.717, 1.165) is 22.9 Å². The van der Waals surface area contributed by atoms with Gasteiger partial charge in [-0.05, 0) is 29.3 Å². The highest BCUT2D eigenvalue weighted by molar-refractivity contribution is 8.15. The molecule has 2 aromatic carbocycles. The second-order valence-corrected chi connectivity index (χ2v) is 6.79. The zero-order chi connectivity index (χ0) is 16.9. The van der Waals surface area contributed by atoms with Crippen LogP contribution in [0.3, 0.4) is 0 Å². The molecule has 0 spiro atoms. The first-order chi connectivity index (χ1) is 11.7. The van der Waals surface area contributed by atoms with Gasteiger partial charge >= 0.3 is 0 Å². The van der Waals surface area contributed by atoms with Crippen LogP contribution in [0.5, 0.6) is 0 Å². The number of anilines is 1. The molecule has 1 atom stereocenters. The lowest BCUT2D eigenvalue weighted by molar-refractivity contribution is -0.122. The molecule has 124 valence electrons. The maximum absolute atomic E-state index is 12.2. The molecule has 1 aliphatic heterocycles. The highest BCUT2D eigenvalue weighted by Gasteiger charge is 2.31. The minimum atomic E-state index is -0.416. The Labute approximate surface area is 144 Å². The van der Waals surface area contributed by atoms with E-state index in [0.29, 0.717) is 11.7 Å². The lowest BCUT2D eigenvalue weighted by atomic mass is 10.1. The summed E-state index contributed by atoms with van der Waals surface area (Å²) in [5.74, 6) is -0.321. The normalized spacial score (nSPS) is 18.8. The first-order valence-electron chi connectivity index (χ1n) is 7.96. The van der Waals surface area contributed by atoms with Crippen LogP contribution in [0.4, 0.5) is 5.69 Å². The van der Waals surface area contributed by atoms with Gasteiger partial charge < -0.3 is 10.6 Å². The van der Waals surface area contributed by atoms with Gasteiger partial charge in [-0.25, -0.2) is 0 Å². The molecule has 24 heavy (non-hydrogen) atoms. The summed E-state index contributed by atoms with van der Waals surface area (Å²) in [6.07, 6.45) is 1.06. The third kappa shape index (κ3) is 3.94. The predicted octanol–water partition coefficient (Wildman–Crippen LogP) is 3.17. The molecule has 2 N–H and O–H groups in total. The molecule has 1 fully saturated rings. The quantitative estimate of drug-likeness (QED) is 0.877. The van der Waals surface area contributed by atoms with Crippen molar-refractivity contribution in [1.82, 2.24) is 5.32 Å². The molecule has 1 aliphatic rings. The Morgan fingerprint density at radius 1 is 1.25 bits per heavy atom. The fourth-order valence-electron chi connectivity index (χ4n) is 2.48. The zero-order valence-electron chi connectivity index (χ0n) is 13.4. The second kappa shape index (κ2) is 7.49. The minimum absolute atomic E-state index is 0.133. The van der Waals surface area contributed by atoms with Crippen molar-refractivity contribution in [3.63, 3.8) is 0 Å². The number of nitrogens with one attached hydrogen (secondary N) is 2. The highest BCUT2D eigenvalue weighted by atomic mass is 32.2. The number of rotatable bonds is 5. The van der Waals surface area contributed by atoms with E-state index in [-0.39, 0.29) is 18.2 Å². The van der Waals surface area contributed by atoms with Crippen molar-refractivity contribution in [3.8, 4) is 0 Å². The first kappa shape index (κ1) is 16.5. The third-order valence-electron chi connectivity index (χ3n) is 3.66. The average Bonchev–Trinajstić information content (AvgIpc) is 2.92. The van der Waals surface area contributed by atoms with E-state index >= 15 is 0 Å². The van der Waals surface area contributed by atoms with E-state index in [4.69, 9.17) is 0 Å². The summed E-state index contributed by atoms with van der Waals surface area (Å²) in [4.78, 5) is 28.4. The Morgan fingerprint density at radius 2 is 2.04 bits per heavy atom. The van der Waals surface area contributed by atoms with Crippen LogP contribution in [0.15, 0.2) is 47.5 Å². The molecule has 6 heteroatoms. The molecule has 0 bridgehead atoms. The molecule has 0 unspecified atom stereocenters. The number of carbonyl (C=O) groups is 2. The predicted molar refractivity (Wildman–Crippen MR) is 99.3 cm³/mol. The molecule has 2 aromatic rings. The summed E-state index contributed by atoms with van der Waals surface area (Å²) in [6.45, 7) is 2.71. The van der Waals surface area contributed by atoms with Gasteiger partial charge in [0, 0.05) is 18.7 Å². The molecular weight excluding hydrogens is 322 g/mol. The van der Waals surface area contributed by atoms with Crippen molar-refractivity contribution in [3.05, 3.63) is 42.5 Å². The Morgan fingerprint density at radius 3 is 2.83 bits per heavy atom. The SMILES string of the molecule is CCCN=C1NC(=O)[C@@H](CC(=O)Nc2ccc3ccccc3c2)S1. The van der Waals surface area contributed by atoms with Crippen LogP contribution in [-0.4, -0.2) is 28.8 Å². The molecule has 1 heterocycles. The van der Waals surface area contributed by atoms with Gasteiger partial charge in [0.2, 0.25) is 11.8 Å². The van der Waals surface area contributed by atoms with Crippen LogP contribution >= 0.6 is 11.8 Å². The molecule has 0 aliphatic carbocycles. The largest absolute Gasteiger partial charge is 0.326 e. The van der Waals surface area contributed by atoms with Crippen molar-refractivity contribution >= 4 is 45.2 Å². The van der Waals surface area contributed by atoms with Crippen molar-refractivity contribution in [2.24, 2.45) is 4.99 Å². The van der Waals surface area contributed by atoms with Gasteiger partial charge in [-0.15, -0.1) is 0 Å². The van der Waals surface area contributed by atoms with E-state index in [2.05, 4.69) is 15.6 Å². The molecule has 5 nitrogen and oxygen atoms in total. The summed E-state index contributed by atoms with van der Waals surface area (Å²) >= 11 is 1.33. The smallest absolute Gasteiger partial charge is 0.240 e. The molecule has 0 saturated carbocycles. The Bertz CT molecular complexity index is 804. The Kier molecular flexibility index (Phi) is 5.15. The standard InChI is InChI=1S/C18H19N3O2S/c1-2-9-19-18-21-17(23)15(24-18)11-16(22)20-14-8-7-12-5-3-4-6-13(12)10-14/h3-8,10,15H,2,9,11H2,1H3,(H,20,22)(H,19,21,23)/t15-/m1/s1. The highest BCUT2D eigenvalue weighted by Crippen LogP contribution is 2.24. The molecule has 2 amide bonds. The number of nitrogens with zero attached hydrogens (tertiary/aromatic N) is 1. The number of hydrogen-bond acceptors (Lipinski definition) is 4.